The van der Waals surface area contributed by atoms with E-state index in [0.717, 1.165) is 21.3 Å². The van der Waals surface area contributed by atoms with Crippen molar-refractivity contribution >= 4 is 39.2 Å². The van der Waals surface area contributed by atoms with E-state index in [1.54, 1.807) is 47.9 Å². The summed E-state index contributed by atoms with van der Waals surface area (Å²) in [5.41, 5.74) is 4.47. The minimum atomic E-state index is -0.448. The second-order valence-corrected chi connectivity index (χ2v) is 8.88. The van der Waals surface area contributed by atoms with Crippen LogP contribution in [0.15, 0.2) is 71.7 Å². The molecule has 3 aromatic carbocycles. The van der Waals surface area contributed by atoms with Gasteiger partial charge < -0.3 is 9.30 Å². The summed E-state index contributed by atoms with van der Waals surface area (Å²) in [4.78, 5) is 42.6. The van der Waals surface area contributed by atoms with E-state index in [1.165, 1.54) is 11.3 Å². The highest BCUT2D eigenvalue weighted by Crippen LogP contribution is 2.22. The maximum absolute atomic E-state index is 13.0. The molecule has 4 aromatic rings. The first-order valence-corrected chi connectivity index (χ1v) is 11.7. The molecule has 6 nitrogen and oxygen atoms in total. The largest absolute Gasteiger partial charge is 0.465 e. The van der Waals surface area contributed by atoms with E-state index in [0.29, 0.717) is 21.5 Å². The summed E-state index contributed by atoms with van der Waals surface area (Å²) < 4.78 is 7.77. The van der Waals surface area contributed by atoms with Gasteiger partial charge in [-0.05, 0) is 56.2 Å². The van der Waals surface area contributed by atoms with Crippen molar-refractivity contribution in [3.05, 3.63) is 99.3 Å². The zero-order chi connectivity index (χ0) is 24.2. The van der Waals surface area contributed by atoms with E-state index in [-0.39, 0.29) is 18.9 Å². The number of ether oxygens (including phenoxy) is 1. The van der Waals surface area contributed by atoms with Crippen LogP contribution in [0.4, 0.5) is 0 Å². The minimum absolute atomic E-state index is 0.0348. The number of hydrogen-bond donors (Lipinski definition) is 0. The Morgan fingerprint density at radius 1 is 0.882 bits per heavy atom. The number of esters is 1. The van der Waals surface area contributed by atoms with Gasteiger partial charge in [0.05, 0.1) is 16.8 Å². The first-order chi connectivity index (χ1) is 16.4. The lowest BCUT2D eigenvalue weighted by Gasteiger charge is -2.06. The van der Waals surface area contributed by atoms with Gasteiger partial charge in [0.25, 0.3) is 5.91 Å². The molecule has 0 fully saturated rings. The molecule has 4 rings (SSSR count). The summed E-state index contributed by atoms with van der Waals surface area (Å²) in [6, 6.07) is 19.5. The third-order valence-electron chi connectivity index (χ3n) is 5.52. The van der Waals surface area contributed by atoms with E-state index >= 15 is 0 Å². The van der Waals surface area contributed by atoms with E-state index < -0.39 is 11.9 Å². The van der Waals surface area contributed by atoms with E-state index in [1.807, 2.05) is 44.2 Å². The molecule has 0 unspecified atom stereocenters. The number of fused-ring (bicyclic) bond motifs is 1. The standard InChI is InChI=1S/C27H24N2O4S/c1-4-33-24(30)16-29-22-14-17(2)18(3)15-23(22)34-27(29)28-26(32)21-12-10-20(11-13-21)25(31)19-8-6-5-7-9-19/h5-15H,4,16H2,1-3H3. The third-order valence-corrected chi connectivity index (χ3v) is 6.56. The van der Waals surface area contributed by atoms with Crippen LogP contribution in [0.3, 0.4) is 0 Å². The van der Waals surface area contributed by atoms with Crippen molar-refractivity contribution in [1.82, 2.24) is 4.57 Å². The molecule has 34 heavy (non-hydrogen) atoms. The zero-order valence-corrected chi connectivity index (χ0v) is 20.0. The number of thiazole rings is 1. The fourth-order valence-corrected chi connectivity index (χ4v) is 4.67. The van der Waals surface area contributed by atoms with Gasteiger partial charge in [0.2, 0.25) is 0 Å². The molecule has 0 radical (unpaired) electrons. The Bertz CT molecular complexity index is 1450. The number of carbonyl (C=O) groups excluding carboxylic acids is 3. The molecule has 0 saturated heterocycles. The van der Waals surface area contributed by atoms with Crippen molar-refractivity contribution in [3.8, 4) is 0 Å². The SMILES string of the molecule is CCOC(=O)Cn1c(=NC(=O)c2ccc(C(=O)c3ccccc3)cc2)sc2cc(C)c(C)cc21. The molecule has 7 heteroatoms. The lowest BCUT2D eigenvalue weighted by molar-refractivity contribution is -0.143. The Kier molecular flexibility index (Phi) is 6.84. The number of aryl methyl sites for hydroxylation is 2. The van der Waals surface area contributed by atoms with Gasteiger partial charge in [0, 0.05) is 16.7 Å². The molecule has 0 spiro atoms. The minimum Gasteiger partial charge on any atom is -0.465 e. The van der Waals surface area contributed by atoms with Gasteiger partial charge in [-0.25, -0.2) is 0 Å². The van der Waals surface area contributed by atoms with Crippen molar-refractivity contribution in [3.63, 3.8) is 0 Å². The van der Waals surface area contributed by atoms with Crippen LogP contribution in [0.2, 0.25) is 0 Å². The van der Waals surface area contributed by atoms with Gasteiger partial charge in [-0.1, -0.05) is 53.8 Å². The maximum atomic E-state index is 13.0. The number of ketones is 1. The van der Waals surface area contributed by atoms with Crippen molar-refractivity contribution in [2.24, 2.45) is 4.99 Å². The summed E-state index contributed by atoms with van der Waals surface area (Å²) in [5, 5.41) is 0. The Morgan fingerprint density at radius 2 is 1.50 bits per heavy atom. The maximum Gasteiger partial charge on any atom is 0.326 e. The second-order valence-electron chi connectivity index (χ2n) is 7.87. The van der Waals surface area contributed by atoms with Gasteiger partial charge in [-0.15, -0.1) is 0 Å². The average Bonchev–Trinajstić information content (AvgIpc) is 3.15. The van der Waals surface area contributed by atoms with Crippen molar-refractivity contribution in [2.45, 2.75) is 27.3 Å². The number of benzene rings is 3. The smallest absolute Gasteiger partial charge is 0.326 e. The monoisotopic (exact) mass is 472 g/mol. The number of amides is 1. The molecule has 1 amide bonds. The van der Waals surface area contributed by atoms with Gasteiger partial charge >= 0.3 is 5.97 Å². The highest BCUT2D eigenvalue weighted by molar-refractivity contribution is 7.16. The van der Waals surface area contributed by atoms with E-state index in [2.05, 4.69) is 4.99 Å². The number of hydrogen-bond acceptors (Lipinski definition) is 5. The number of nitrogens with zero attached hydrogens (tertiary/aromatic N) is 2. The Morgan fingerprint density at radius 3 is 2.18 bits per heavy atom. The average molecular weight is 473 g/mol. The van der Waals surface area contributed by atoms with Crippen LogP contribution in [0.25, 0.3) is 10.2 Å². The highest BCUT2D eigenvalue weighted by Gasteiger charge is 2.15. The van der Waals surface area contributed by atoms with Crippen LogP contribution >= 0.6 is 11.3 Å². The third kappa shape index (κ3) is 4.89. The Labute approximate surface area is 201 Å². The molecular formula is C27H24N2O4S. The first kappa shape index (κ1) is 23.3. The van der Waals surface area contributed by atoms with Crippen LogP contribution in [0.1, 0.15) is 44.3 Å². The zero-order valence-electron chi connectivity index (χ0n) is 19.2. The lowest BCUT2D eigenvalue weighted by atomic mass is 10.0. The molecule has 0 bridgehead atoms. The number of aromatic nitrogens is 1. The van der Waals surface area contributed by atoms with Gasteiger partial charge in [-0.3, -0.25) is 14.4 Å². The molecule has 0 aliphatic carbocycles. The van der Waals surface area contributed by atoms with Crippen LogP contribution in [-0.4, -0.2) is 28.8 Å². The van der Waals surface area contributed by atoms with Gasteiger partial charge in [-0.2, -0.15) is 4.99 Å². The van der Waals surface area contributed by atoms with Crippen LogP contribution in [-0.2, 0) is 16.1 Å². The topological polar surface area (TPSA) is 77.7 Å². The molecule has 0 atom stereocenters. The molecular weight excluding hydrogens is 448 g/mol. The fraction of sp³-hybridized carbons (Fsp3) is 0.185. The van der Waals surface area contributed by atoms with Crippen molar-refractivity contribution in [2.75, 3.05) is 6.61 Å². The Balaban J connectivity index is 1.69. The molecule has 0 saturated carbocycles. The van der Waals surface area contributed by atoms with E-state index in [9.17, 15) is 14.4 Å². The van der Waals surface area contributed by atoms with Gasteiger partial charge in [0.1, 0.15) is 6.54 Å². The summed E-state index contributed by atoms with van der Waals surface area (Å²) in [7, 11) is 0. The summed E-state index contributed by atoms with van der Waals surface area (Å²) in [6.07, 6.45) is 0. The lowest BCUT2D eigenvalue weighted by Crippen LogP contribution is -2.23. The highest BCUT2D eigenvalue weighted by atomic mass is 32.1. The predicted molar refractivity (Wildman–Crippen MR) is 132 cm³/mol. The summed E-state index contributed by atoms with van der Waals surface area (Å²) in [5.74, 6) is -0.950. The van der Waals surface area contributed by atoms with Crippen LogP contribution in [0, 0.1) is 13.8 Å². The fourth-order valence-electron chi connectivity index (χ4n) is 3.57. The molecule has 0 aliphatic rings. The van der Waals surface area contributed by atoms with Gasteiger partial charge in [0.15, 0.2) is 10.6 Å². The second kappa shape index (κ2) is 9.97. The van der Waals surface area contributed by atoms with Crippen molar-refractivity contribution < 1.29 is 19.1 Å². The quantitative estimate of drug-likeness (QED) is 0.297. The molecule has 1 heterocycles. The molecule has 1 aromatic heterocycles. The Hall–Kier alpha value is -3.84. The molecule has 0 N–H and O–H groups in total. The summed E-state index contributed by atoms with van der Waals surface area (Å²) in [6.45, 7) is 6.01. The first-order valence-electron chi connectivity index (χ1n) is 10.9. The van der Waals surface area contributed by atoms with Crippen molar-refractivity contribution in [1.29, 1.82) is 0 Å². The van der Waals surface area contributed by atoms with Crippen LogP contribution in [0.5, 0.6) is 0 Å². The van der Waals surface area contributed by atoms with Crippen LogP contribution < -0.4 is 4.80 Å². The summed E-state index contributed by atoms with van der Waals surface area (Å²) >= 11 is 1.35. The van der Waals surface area contributed by atoms with E-state index in [4.69, 9.17) is 4.74 Å². The number of rotatable bonds is 6. The number of carbonyl (C=O) groups is 3. The molecule has 172 valence electrons. The normalized spacial score (nSPS) is 11.6. The molecule has 0 aliphatic heterocycles. The predicted octanol–water partition coefficient (Wildman–Crippen LogP) is 4.85.